The third kappa shape index (κ3) is 4.13. The van der Waals surface area contributed by atoms with E-state index >= 15 is 0 Å². The van der Waals surface area contributed by atoms with Gasteiger partial charge in [0.15, 0.2) is 0 Å². The highest BCUT2D eigenvalue weighted by atomic mass is 32.1. The van der Waals surface area contributed by atoms with E-state index in [1.165, 1.54) is 0 Å². The summed E-state index contributed by atoms with van der Waals surface area (Å²) in [7, 11) is 1.61. The van der Waals surface area contributed by atoms with Gasteiger partial charge in [-0.15, -0.1) is 11.3 Å². The summed E-state index contributed by atoms with van der Waals surface area (Å²) >= 11 is 1.55. The molecule has 3 rings (SSSR count). The summed E-state index contributed by atoms with van der Waals surface area (Å²) in [5.41, 5.74) is 3.32. The van der Waals surface area contributed by atoms with Crippen LogP contribution in [0.25, 0.3) is 10.6 Å². The van der Waals surface area contributed by atoms with Crippen LogP contribution in [0, 0.1) is 6.92 Å². The monoisotopic (exact) mass is 353 g/mol. The van der Waals surface area contributed by atoms with E-state index in [0.717, 1.165) is 26.7 Å². The number of rotatable bonds is 6. The number of nitrogens with zero attached hydrogens (tertiary/aromatic N) is 1. The van der Waals surface area contributed by atoms with Crippen LogP contribution in [0.1, 0.15) is 26.5 Å². The van der Waals surface area contributed by atoms with Crippen LogP contribution < -0.4 is 0 Å². The van der Waals surface area contributed by atoms with E-state index in [1.54, 1.807) is 24.5 Å². The van der Waals surface area contributed by atoms with Crippen molar-refractivity contribution in [3.05, 3.63) is 76.3 Å². The Morgan fingerprint density at radius 1 is 1.04 bits per heavy atom. The first kappa shape index (κ1) is 17.3. The molecule has 0 atom stereocenters. The van der Waals surface area contributed by atoms with E-state index < -0.39 is 0 Å². The van der Waals surface area contributed by atoms with Crippen LogP contribution >= 0.6 is 11.3 Å². The molecule has 5 heteroatoms. The van der Waals surface area contributed by atoms with E-state index in [-0.39, 0.29) is 12.6 Å². The van der Waals surface area contributed by atoms with Gasteiger partial charge in [-0.05, 0) is 18.6 Å². The van der Waals surface area contributed by atoms with Crippen LogP contribution in [0.2, 0.25) is 0 Å². The van der Waals surface area contributed by atoms with Crippen molar-refractivity contribution in [2.24, 2.45) is 0 Å². The molecule has 0 unspecified atom stereocenters. The molecule has 0 N–H and O–H groups in total. The molecule has 0 aliphatic heterocycles. The second-order valence-electron chi connectivity index (χ2n) is 5.56. The van der Waals surface area contributed by atoms with Crippen LogP contribution in [0.4, 0.5) is 0 Å². The molecule has 0 radical (unpaired) electrons. The fourth-order valence-electron chi connectivity index (χ4n) is 2.48. The Balaban J connectivity index is 1.72. The van der Waals surface area contributed by atoms with Gasteiger partial charge in [-0.2, -0.15) is 0 Å². The molecular formula is C20H19NO3S. The van der Waals surface area contributed by atoms with E-state index in [1.807, 2.05) is 55.5 Å². The molecule has 0 aliphatic rings. The predicted octanol–water partition coefficient (Wildman–Crippen LogP) is 4.62. The van der Waals surface area contributed by atoms with E-state index in [0.29, 0.717) is 12.2 Å². The summed E-state index contributed by atoms with van der Waals surface area (Å²) < 4.78 is 10.6. The number of aromatic nitrogens is 1. The number of hydrogen-bond acceptors (Lipinski definition) is 5. The number of benzene rings is 2. The van der Waals surface area contributed by atoms with Crippen molar-refractivity contribution in [3.8, 4) is 10.6 Å². The molecule has 0 saturated heterocycles. The topological polar surface area (TPSA) is 48.4 Å². The lowest BCUT2D eigenvalue weighted by Crippen LogP contribution is -2.08. The summed E-state index contributed by atoms with van der Waals surface area (Å²) in [5.74, 6) is -0.346. The largest absolute Gasteiger partial charge is 0.456 e. The first-order chi connectivity index (χ1) is 12.2. The molecule has 1 aromatic heterocycles. The molecule has 1 heterocycles. The zero-order valence-corrected chi connectivity index (χ0v) is 15.0. The van der Waals surface area contributed by atoms with Crippen molar-refractivity contribution in [2.45, 2.75) is 20.1 Å². The second kappa shape index (κ2) is 8.05. The highest BCUT2D eigenvalue weighted by Gasteiger charge is 2.15. The molecule has 25 heavy (non-hydrogen) atoms. The summed E-state index contributed by atoms with van der Waals surface area (Å²) in [6.07, 6.45) is 0. The van der Waals surface area contributed by atoms with Gasteiger partial charge in [0.2, 0.25) is 0 Å². The predicted molar refractivity (Wildman–Crippen MR) is 98.6 cm³/mol. The molecule has 0 bridgehead atoms. The van der Waals surface area contributed by atoms with Gasteiger partial charge < -0.3 is 9.47 Å². The Kier molecular flexibility index (Phi) is 5.58. The van der Waals surface area contributed by atoms with Crippen molar-refractivity contribution < 1.29 is 14.3 Å². The average molecular weight is 353 g/mol. The highest BCUT2D eigenvalue weighted by molar-refractivity contribution is 7.15. The lowest BCUT2D eigenvalue weighted by atomic mass is 10.1. The fraction of sp³-hybridized carbons (Fsp3) is 0.200. The zero-order chi connectivity index (χ0) is 17.6. The molecule has 0 spiro atoms. The SMILES string of the molecule is COCc1ccccc1C(=O)OCc1sc(-c2ccccc2)nc1C. The second-order valence-corrected chi connectivity index (χ2v) is 6.64. The molecule has 0 saturated carbocycles. The molecule has 4 nitrogen and oxygen atoms in total. The molecule has 2 aromatic carbocycles. The van der Waals surface area contributed by atoms with E-state index in [2.05, 4.69) is 4.98 Å². The van der Waals surface area contributed by atoms with Crippen molar-refractivity contribution in [1.29, 1.82) is 0 Å². The van der Waals surface area contributed by atoms with Crippen molar-refractivity contribution in [3.63, 3.8) is 0 Å². The first-order valence-electron chi connectivity index (χ1n) is 7.94. The van der Waals surface area contributed by atoms with Gasteiger partial charge in [0, 0.05) is 12.7 Å². The zero-order valence-electron chi connectivity index (χ0n) is 14.2. The number of carbonyl (C=O) groups is 1. The molecule has 3 aromatic rings. The van der Waals surface area contributed by atoms with Crippen LogP contribution in [-0.4, -0.2) is 18.1 Å². The summed E-state index contributed by atoms with van der Waals surface area (Å²) in [6.45, 7) is 2.53. The van der Waals surface area contributed by atoms with Gasteiger partial charge in [0.1, 0.15) is 11.6 Å². The summed E-state index contributed by atoms with van der Waals surface area (Å²) in [6, 6.07) is 17.3. The number of ether oxygens (including phenoxy) is 2. The van der Waals surface area contributed by atoms with Gasteiger partial charge in [0.25, 0.3) is 0 Å². The van der Waals surface area contributed by atoms with Crippen molar-refractivity contribution >= 4 is 17.3 Å². The minimum atomic E-state index is -0.346. The Hall–Kier alpha value is -2.50. The molecule has 128 valence electrons. The quantitative estimate of drug-likeness (QED) is 0.607. The number of esters is 1. The van der Waals surface area contributed by atoms with Crippen molar-refractivity contribution in [1.82, 2.24) is 4.98 Å². The molecule has 0 amide bonds. The van der Waals surface area contributed by atoms with Crippen molar-refractivity contribution in [2.75, 3.05) is 7.11 Å². The van der Waals surface area contributed by atoms with Gasteiger partial charge in [-0.3, -0.25) is 0 Å². The Morgan fingerprint density at radius 2 is 1.76 bits per heavy atom. The Bertz CT molecular complexity index is 858. The number of hydrogen-bond donors (Lipinski definition) is 0. The number of thiazole rings is 1. The minimum absolute atomic E-state index is 0.219. The number of carbonyl (C=O) groups excluding carboxylic acids is 1. The lowest BCUT2D eigenvalue weighted by molar-refractivity contribution is 0.0471. The first-order valence-corrected chi connectivity index (χ1v) is 8.76. The third-order valence-corrected chi connectivity index (χ3v) is 4.96. The maximum absolute atomic E-state index is 12.4. The van der Waals surface area contributed by atoms with Crippen LogP contribution in [0.5, 0.6) is 0 Å². The van der Waals surface area contributed by atoms with Gasteiger partial charge in [-0.25, -0.2) is 9.78 Å². The standard InChI is InChI=1S/C20H19NO3S/c1-14-18(25-19(21-14)15-8-4-3-5-9-15)13-24-20(22)17-11-7-6-10-16(17)12-23-2/h3-11H,12-13H2,1-2H3. The maximum Gasteiger partial charge on any atom is 0.338 e. The van der Waals surface area contributed by atoms with Crippen LogP contribution in [-0.2, 0) is 22.7 Å². The number of aryl methyl sites for hydroxylation is 1. The normalized spacial score (nSPS) is 10.6. The van der Waals surface area contributed by atoms with Crippen LogP contribution in [0.3, 0.4) is 0 Å². The number of methoxy groups -OCH3 is 1. The van der Waals surface area contributed by atoms with E-state index in [4.69, 9.17) is 9.47 Å². The highest BCUT2D eigenvalue weighted by Crippen LogP contribution is 2.28. The average Bonchev–Trinajstić information content (AvgIpc) is 3.02. The van der Waals surface area contributed by atoms with E-state index in [9.17, 15) is 4.79 Å². The van der Waals surface area contributed by atoms with Gasteiger partial charge in [-0.1, -0.05) is 48.5 Å². The minimum Gasteiger partial charge on any atom is -0.456 e. The molecule has 0 aliphatic carbocycles. The lowest BCUT2D eigenvalue weighted by Gasteiger charge is -2.08. The van der Waals surface area contributed by atoms with Gasteiger partial charge in [0.05, 0.1) is 22.7 Å². The summed E-state index contributed by atoms with van der Waals surface area (Å²) in [5, 5.41) is 0.934. The Labute approximate surface area is 151 Å². The fourth-order valence-corrected chi connectivity index (χ4v) is 3.46. The Morgan fingerprint density at radius 3 is 2.52 bits per heavy atom. The maximum atomic E-state index is 12.4. The smallest absolute Gasteiger partial charge is 0.338 e. The summed E-state index contributed by atoms with van der Waals surface area (Å²) in [4.78, 5) is 17.9. The van der Waals surface area contributed by atoms with Crippen LogP contribution in [0.15, 0.2) is 54.6 Å². The third-order valence-electron chi connectivity index (χ3n) is 3.78. The molecular weight excluding hydrogens is 334 g/mol. The van der Waals surface area contributed by atoms with Gasteiger partial charge >= 0.3 is 5.97 Å². The molecule has 0 fully saturated rings.